The van der Waals surface area contributed by atoms with Crippen molar-refractivity contribution in [3.8, 4) is 11.6 Å². The van der Waals surface area contributed by atoms with Crippen molar-refractivity contribution in [3.05, 3.63) is 53.2 Å². The maximum atomic E-state index is 11.1. The molecular formula is C17H19NO3. The van der Waals surface area contributed by atoms with E-state index >= 15 is 0 Å². The Morgan fingerprint density at radius 2 is 1.90 bits per heavy atom. The van der Waals surface area contributed by atoms with Crippen molar-refractivity contribution in [1.82, 2.24) is 4.98 Å². The fourth-order valence-corrected chi connectivity index (χ4v) is 1.96. The summed E-state index contributed by atoms with van der Waals surface area (Å²) < 4.78 is 5.67. The maximum Gasteiger partial charge on any atom is 0.335 e. The van der Waals surface area contributed by atoms with Gasteiger partial charge in [0.2, 0.25) is 5.88 Å². The molecule has 110 valence electrons. The molecule has 0 spiro atoms. The van der Waals surface area contributed by atoms with Crippen molar-refractivity contribution >= 4 is 5.97 Å². The lowest BCUT2D eigenvalue weighted by atomic mass is 10.0. The van der Waals surface area contributed by atoms with Crippen LogP contribution in [0.25, 0.3) is 0 Å². The Balaban J connectivity index is 2.26. The van der Waals surface area contributed by atoms with Gasteiger partial charge in [-0.1, -0.05) is 32.9 Å². The number of carboxylic acids is 1. The van der Waals surface area contributed by atoms with Crippen LogP contribution in [0.15, 0.2) is 36.4 Å². The van der Waals surface area contributed by atoms with Crippen LogP contribution < -0.4 is 4.74 Å². The minimum Gasteiger partial charge on any atom is -0.478 e. The second-order valence-corrected chi connectivity index (χ2v) is 5.17. The Labute approximate surface area is 124 Å². The zero-order valence-electron chi connectivity index (χ0n) is 12.5. The van der Waals surface area contributed by atoms with Gasteiger partial charge >= 0.3 is 5.97 Å². The number of benzene rings is 1. The molecule has 4 nitrogen and oxygen atoms in total. The third kappa shape index (κ3) is 3.81. The molecule has 21 heavy (non-hydrogen) atoms. The van der Waals surface area contributed by atoms with Crippen molar-refractivity contribution in [2.24, 2.45) is 0 Å². The first-order valence-corrected chi connectivity index (χ1v) is 7.01. The Morgan fingerprint density at radius 1 is 1.24 bits per heavy atom. The first-order chi connectivity index (χ1) is 9.99. The summed E-state index contributed by atoms with van der Waals surface area (Å²) in [5.74, 6) is 0.437. The number of aromatic nitrogens is 1. The third-order valence-corrected chi connectivity index (χ3v) is 3.23. The van der Waals surface area contributed by atoms with Crippen LogP contribution in [0, 0.1) is 0 Å². The number of hydrogen-bond acceptors (Lipinski definition) is 3. The molecule has 4 heteroatoms. The van der Waals surface area contributed by atoms with Gasteiger partial charge in [0.1, 0.15) is 5.75 Å². The minimum atomic E-state index is -0.980. The summed E-state index contributed by atoms with van der Waals surface area (Å²) in [6.07, 6.45) is 0.657. The van der Waals surface area contributed by atoms with E-state index in [1.807, 2.05) is 31.2 Å². The van der Waals surface area contributed by atoms with E-state index < -0.39 is 5.97 Å². The number of carboxylic acid groups (broad SMARTS) is 1. The highest BCUT2D eigenvalue weighted by atomic mass is 16.5. The lowest BCUT2D eigenvalue weighted by Crippen LogP contribution is -2.01. The molecule has 0 amide bonds. The summed E-state index contributed by atoms with van der Waals surface area (Å²) >= 11 is 0. The largest absolute Gasteiger partial charge is 0.478 e. The van der Waals surface area contributed by atoms with Gasteiger partial charge in [0.25, 0.3) is 0 Å². The minimum absolute atomic E-state index is 0.190. The van der Waals surface area contributed by atoms with E-state index in [4.69, 9.17) is 9.84 Å². The summed E-state index contributed by atoms with van der Waals surface area (Å²) in [6.45, 7) is 6.18. The van der Waals surface area contributed by atoms with Crippen LogP contribution in [0.5, 0.6) is 11.6 Å². The molecule has 0 aliphatic heterocycles. The smallest absolute Gasteiger partial charge is 0.335 e. The highest BCUT2D eigenvalue weighted by Crippen LogP contribution is 2.24. The van der Waals surface area contributed by atoms with Gasteiger partial charge in [0, 0.05) is 11.8 Å². The van der Waals surface area contributed by atoms with Gasteiger partial charge in [0.15, 0.2) is 0 Å². The van der Waals surface area contributed by atoms with E-state index in [2.05, 4.69) is 18.8 Å². The van der Waals surface area contributed by atoms with Crippen LogP contribution in [0.3, 0.4) is 0 Å². The van der Waals surface area contributed by atoms with Crippen LogP contribution in [-0.4, -0.2) is 16.1 Å². The summed E-state index contributed by atoms with van der Waals surface area (Å²) in [4.78, 5) is 15.4. The number of nitrogens with zero attached hydrogens (tertiary/aromatic N) is 1. The maximum absolute atomic E-state index is 11.1. The molecule has 0 atom stereocenters. The molecular weight excluding hydrogens is 266 g/mol. The second kappa shape index (κ2) is 6.39. The third-order valence-electron chi connectivity index (χ3n) is 3.23. The van der Waals surface area contributed by atoms with E-state index in [0.717, 1.165) is 0 Å². The first-order valence-electron chi connectivity index (χ1n) is 7.01. The highest BCUT2D eigenvalue weighted by Gasteiger charge is 2.09. The van der Waals surface area contributed by atoms with Gasteiger partial charge in [0.05, 0.1) is 5.56 Å². The van der Waals surface area contributed by atoms with Crippen LogP contribution in [0.4, 0.5) is 0 Å². The lowest BCUT2D eigenvalue weighted by Gasteiger charge is -2.09. The van der Waals surface area contributed by atoms with Crippen molar-refractivity contribution < 1.29 is 14.6 Å². The number of hydrogen-bond donors (Lipinski definition) is 1. The van der Waals surface area contributed by atoms with Gasteiger partial charge in [-0.2, -0.15) is 0 Å². The molecule has 1 N–H and O–H groups in total. The SMILES string of the molecule is CCc1cc(C(=O)O)cc(Oc2ccc(C(C)C)cc2)n1. The molecule has 0 saturated carbocycles. The summed E-state index contributed by atoms with van der Waals surface area (Å²) in [6, 6.07) is 10.8. The standard InChI is InChI=1S/C17H19NO3/c1-4-14-9-13(17(19)20)10-16(18-14)21-15-7-5-12(6-8-15)11(2)3/h5-11H,4H2,1-3H3,(H,19,20). The number of ether oxygens (including phenoxy) is 1. The van der Waals surface area contributed by atoms with Gasteiger partial charge < -0.3 is 9.84 Å². The molecule has 2 rings (SSSR count). The van der Waals surface area contributed by atoms with Crippen LogP contribution in [0.1, 0.15) is 48.3 Å². The number of rotatable bonds is 5. The van der Waals surface area contributed by atoms with E-state index in [-0.39, 0.29) is 5.56 Å². The number of aryl methyl sites for hydroxylation is 1. The first kappa shape index (κ1) is 15.0. The fourth-order valence-electron chi connectivity index (χ4n) is 1.96. The zero-order valence-corrected chi connectivity index (χ0v) is 12.5. The molecule has 0 unspecified atom stereocenters. The Hall–Kier alpha value is -2.36. The zero-order chi connectivity index (χ0) is 15.4. The topological polar surface area (TPSA) is 59.4 Å². The van der Waals surface area contributed by atoms with Crippen molar-refractivity contribution in [1.29, 1.82) is 0 Å². The molecule has 0 aliphatic carbocycles. The molecule has 0 fully saturated rings. The van der Waals surface area contributed by atoms with Gasteiger partial charge in [-0.15, -0.1) is 0 Å². The Kier molecular flexibility index (Phi) is 4.58. The van der Waals surface area contributed by atoms with Crippen molar-refractivity contribution in [2.75, 3.05) is 0 Å². The number of aromatic carboxylic acids is 1. The number of pyridine rings is 1. The molecule has 2 aromatic rings. The Morgan fingerprint density at radius 3 is 2.43 bits per heavy atom. The quantitative estimate of drug-likeness (QED) is 0.891. The molecule has 0 bridgehead atoms. The number of carbonyl (C=O) groups is 1. The molecule has 0 aliphatic rings. The summed E-state index contributed by atoms with van der Waals surface area (Å²) in [7, 11) is 0. The molecule has 0 radical (unpaired) electrons. The van der Waals surface area contributed by atoms with Gasteiger partial charge in [-0.25, -0.2) is 9.78 Å². The van der Waals surface area contributed by atoms with Gasteiger partial charge in [-0.3, -0.25) is 0 Å². The van der Waals surface area contributed by atoms with E-state index in [1.54, 1.807) is 6.07 Å². The van der Waals surface area contributed by atoms with Crippen molar-refractivity contribution in [3.63, 3.8) is 0 Å². The van der Waals surface area contributed by atoms with Crippen LogP contribution in [-0.2, 0) is 6.42 Å². The summed E-state index contributed by atoms with van der Waals surface area (Å²) in [5.41, 5.74) is 2.11. The molecule has 0 saturated heterocycles. The van der Waals surface area contributed by atoms with E-state index in [0.29, 0.717) is 29.7 Å². The van der Waals surface area contributed by atoms with Crippen LogP contribution in [0.2, 0.25) is 0 Å². The predicted octanol–water partition coefficient (Wildman–Crippen LogP) is 4.26. The highest BCUT2D eigenvalue weighted by molar-refractivity contribution is 5.88. The van der Waals surface area contributed by atoms with Gasteiger partial charge in [-0.05, 0) is 36.1 Å². The lowest BCUT2D eigenvalue weighted by molar-refractivity contribution is 0.0696. The predicted molar refractivity (Wildman–Crippen MR) is 81.2 cm³/mol. The van der Waals surface area contributed by atoms with E-state index in [1.165, 1.54) is 11.6 Å². The average molecular weight is 285 g/mol. The van der Waals surface area contributed by atoms with E-state index in [9.17, 15) is 4.79 Å². The molecule has 1 aromatic heterocycles. The second-order valence-electron chi connectivity index (χ2n) is 5.17. The Bertz CT molecular complexity index is 633. The van der Waals surface area contributed by atoms with Crippen molar-refractivity contribution in [2.45, 2.75) is 33.1 Å². The van der Waals surface area contributed by atoms with Crippen LogP contribution >= 0.6 is 0 Å². The average Bonchev–Trinajstić information content (AvgIpc) is 2.47. The monoisotopic (exact) mass is 285 g/mol. The normalized spacial score (nSPS) is 10.7. The molecule has 1 heterocycles. The molecule has 1 aromatic carbocycles. The summed E-state index contributed by atoms with van der Waals surface area (Å²) in [5, 5.41) is 9.11. The fraction of sp³-hybridized carbons (Fsp3) is 0.294.